The Hall–Kier alpha value is -7.18. The molecule has 0 fully saturated rings. The number of rotatable bonds is 13. The predicted molar refractivity (Wildman–Crippen MR) is 220 cm³/mol. The molecule has 0 saturated heterocycles. The van der Waals surface area contributed by atoms with Crippen LogP contribution in [0.2, 0.25) is 0 Å². The number of benzene rings is 8. The molecule has 0 radical (unpaired) electrons. The van der Waals surface area contributed by atoms with E-state index in [0.29, 0.717) is 22.6 Å². The van der Waals surface area contributed by atoms with Crippen LogP contribution in [0.3, 0.4) is 0 Å². The molecule has 0 atom stereocenters. The first kappa shape index (κ1) is 35.8. The van der Waals surface area contributed by atoms with Gasteiger partial charge in [0.1, 0.15) is 49.1 Å². The average Bonchev–Trinajstić information content (AvgIpc) is 3.26. The molecule has 0 N–H and O–H groups in total. The van der Waals surface area contributed by atoms with Gasteiger partial charge in [-0.1, -0.05) is 170 Å². The van der Waals surface area contributed by atoms with Crippen LogP contribution in [0, 0.1) is 0 Å². The minimum absolute atomic E-state index is 0.0804. The summed E-state index contributed by atoms with van der Waals surface area (Å²) in [6.07, 6.45) is 0. The number of hydrogen-bond donors (Lipinski definition) is 0. The van der Waals surface area contributed by atoms with E-state index in [9.17, 15) is 9.59 Å². The molecule has 0 heterocycles. The lowest BCUT2D eigenvalue weighted by Gasteiger charge is -2.23. The predicted octanol–water partition coefficient (Wildman–Crippen LogP) is 11.5. The van der Waals surface area contributed by atoms with Crippen LogP contribution in [0.5, 0.6) is 11.5 Å². The number of carbonyl (C=O) groups excluding carboxylic acids is 2. The first-order valence-corrected chi connectivity index (χ1v) is 18.5. The van der Waals surface area contributed by atoms with Gasteiger partial charge in [0.05, 0.1) is 0 Å². The highest BCUT2D eigenvalue weighted by atomic mass is 16.5. The van der Waals surface area contributed by atoms with Gasteiger partial charge in [-0.2, -0.15) is 0 Å². The van der Waals surface area contributed by atoms with Crippen molar-refractivity contribution in [1.82, 2.24) is 0 Å². The zero-order valence-corrected chi connectivity index (χ0v) is 30.6. The summed E-state index contributed by atoms with van der Waals surface area (Å²) >= 11 is 0. The highest BCUT2D eigenvalue weighted by Crippen LogP contribution is 2.49. The van der Waals surface area contributed by atoms with Crippen LogP contribution in [0.25, 0.3) is 32.7 Å². The molecule has 0 unspecified atom stereocenters. The Morgan fingerprint density at radius 2 is 0.661 bits per heavy atom. The van der Waals surface area contributed by atoms with Gasteiger partial charge in [-0.25, -0.2) is 9.59 Å². The summed E-state index contributed by atoms with van der Waals surface area (Å²) in [7, 11) is 0. The average molecular weight is 735 g/mol. The maximum atomic E-state index is 14.3. The zero-order valence-electron chi connectivity index (χ0n) is 30.6. The Kier molecular flexibility index (Phi) is 10.8. The van der Waals surface area contributed by atoms with Crippen LogP contribution in [-0.2, 0) is 35.9 Å². The third-order valence-electron chi connectivity index (χ3n) is 9.57. The minimum atomic E-state index is -0.543. The molecule has 0 aliphatic rings. The van der Waals surface area contributed by atoms with Gasteiger partial charge in [-0.3, -0.25) is 0 Å². The Labute approximate surface area is 325 Å². The second kappa shape index (κ2) is 16.9. The van der Waals surface area contributed by atoms with Crippen LogP contribution in [0.15, 0.2) is 182 Å². The highest BCUT2D eigenvalue weighted by Gasteiger charge is 2.29. The van der Waals surface area contributed by atoms with Crippen molar-refractivity contribution in [2.75, 3.05) is 0 Å². The molecule has 8 rings (SSSR count). The summed E-state index contributed by atoms with van der Waals surface area (Å²) in [5.74, 6) is -0.456. The molecule has 0 aliphatic heterocycles. The summed E-state index contributed by atoms with van der Waals surface area (Å²) in [6, 6.07) is 58.0. The van der Waals surface area contributed by atoms with Crippen molar-refractivity contribution in [3.8, 4) is 22.6 Å². The van der Waals surface area contributed by atoms with Crippen molar-refractivity contribution < 1.29 is 28.5 Å². The molecular weight excluding hydrogens is 697 g/mol. The van der Waals surface area contributed by atoms with Gasteiger partial charge in [0.2, 0.25) is 0 Å². The van der Waals surface area contributed by atoms with Gasteiger partial charge in [-0.15, -0.1) is 0 Å². The van der Waals surface area contributed by atoms with E-state index >= 15 is 0 Å². The van der Waals surface area contributed by atoms with E-state index in [-0.39, 0.29) is 37.6 Å². The first-order valence-electron chi connectivity index (χ1n) is 18.5. The second-order valence-corrected chi connectivity index (χ2v) is 13.4. The Morgan fingerprint density at radius 1 is 0.357 bits per heavy atom. The van der Waals surface area contributed by atoms with Crippen molar-refractivity contribution >= 4 is 33.5 Å². The molecule has 8 aromatic rings. The maximum Gasteiger partial charge on any atom is 0.342 e. The lowest BCUT2D eigenvalue weighted by Crippen LogP contribution is -2.12. The molecule has 274 valence electrons. The Morgan fingerprint density at radius 3 is 1.02 bits per heavy atom. The monoisotopic (exact) mass is 734 g/mol. The van der Waals surface area contributed by atoms with Crippen LogP contribution < -0.4 is 9.47 Å². The fraction of sp³-hybridized carbons (Fsp3) is 0.0800. The van der Waals surface area contributed by atoms with Crippen LogP contribution in [-0.4, -0.2) is 11.9 Å². The standard InChI is InChI=1S/C50H38O6/c51-49(55-33-37-21-9-3-10-22-37)43-29-39-25-13-15-27-41(39)45(47(43)53-31-35-17-5-1-6-18-35)46-42-28-16-14-26-40(42)30-44(48(46)54-32-36-19-7-2-8-20-36)50(52)56-34-38-23-11-4-12-24-38/h1-30H,31-34H2. The van der Waals surface area contributed by atoms with E-state index < -0.39 is 11.9 Å². The van der Waals surface area contributed by atoms with E-state index in [4.69, 9.17) is 18.9 Å². The lowest BCUT2D eigenvalue weighted by atomic mass is 9.88. The van der Waals surface area contributed by atoms with Crippen molar-refractivity contribution in [2.24, 2.45) is 0 Å². The molecule has 0 saturated carbocycles. The largest absolute Gasteiger partial charge is 0.487 e. The quantitative estimate of drug-likeness (QED) is 0.110. The molecule has 6 heteroatoms. The molecule has 0 aromatic heterocycles. The Bertz CT molecular complexity index is 2420. The molecule has 0 aliphatic carbocycles. The van der Waals surface area contributed by atoms with Crippen molar-refractivity contribution in [3.63, 3.8) is 0 Å². The normalized spacial score (nSPS) is 10.9. The topological polar surface area (TPSA) is 71.1 Å². The lowest BCUT2D eigenvalue weighted by molar-refractivity contribution is 0.0458. The third kappa shape index (κ3) is 8.00. The maximum absolute atomic E-state index is 14.3. The van der Waals surface area contributed by atoms with Gasteiger partial charge < -0.3 is 18.9 Å². The van der Waals surface area contributed by atoms with E-state index in [1.165, 1.54) is 0 Å². The van der Waals surface area contributed by atoms with Crippen molar-refractivity contribution in [2.45, 2.75) is 26.4 Å². The molecule has 6 nitrogen and oxygen atoms in total. The fourth-order valence-electron chi connectivity index (χ4n) is 6.82. The van der Waals surface area contributed by atoms with E-state index in [2.05, 4.69) is 0 Å². The number of hydrogen-bond acceptors (Lipinski definition) is 6. The number of esters is 2. The van der Waals surface area contributed by atoms with Crippen LogP contribution in [0.1, 0.15) is 43.0 Å². The van der Waals surface area contributed by atoms with E-state index in [1.54, 1.807) is 0 Å². The summed E-state index contributed by atoms with van der Waals surface area (Å²) in [5.41, 5.74) is 5.25. The van der Waals surface area contributed by atoms with Crippen molar-refractivity contribution in [1.29, 1.82) is 0 Å². The molecule has 0 amide bonds. The number of fused-ring (bicyclic) bond motifs is 2. The number of carbonyl (C=O) groups is 2. The molecule has 56 heavy (non-hydrogen) atoms. The Balaban J connectivity index is 1.36. The fourth-order valence-corrected chi connectivity index (χ4v) is 6.82. The summed E-state index contributed by atoms with van der Waals surface area (Å²) in [5, 5.41) is 3.19. The van der Waals surface area contributed by atoms with E-state index in [0.717, 1.165) is 43.8 Å². The molecular formula is C50H38O6. The SMILES string of the molecule is O=C(OCc1ccccc1)c1cc2ccccc2c(-c2c(OCc3ccccc3)c(C(=O)OCc3ccccc3)cc3ccccc23)c1OCc1ccccc1. The van der Waals surface area contributed by atoms with Crippen LogP contribution in [0.4, 0.5) is 0 Å². The third-order valence-corrected chi connectivity index (χ3v) is 9.57. The van der Waals surface area contributed by atoms with Crippen LogP contribution >= 0.6 is 0 Å². The summed E-state index contributed by atoms with van der Waals surface area (Å²) in [4.78, 5) is 28.6. The molecule has 0 spiro atoms. The van der Waals surface area contributed by atoms with E-state index in [1.807, 2.05) is 182 Å². The summed E-state index contributed by atoms with van der Waals surface area (Å²) in [6.45, 7) is 0.498. The van der Waals surface area contributed by atoms with Crippen molar-refractivity contribution in [3.05, 3.63) is 215 Å². The summed E-state index contributed by atoms with van der Waals surface area (Å²) < 4.78 is 25.5. The smallest absolute Gasteiger partial charge is 0.342 e. The molecule has 0 bridgehead atoms. The highest BCUT2D eigenvalue weighted by molar-refractivity contribution is 6.16. The van der Waals surface area contributed by atoms with Gasteiger partial charge >= 0.3 is 11.9 Å². The minimum Gasteiger partial charge on any atom is -0.487 e. The molecule has 8 aromatic carbocycles. The zero-order chi connectivity index (χ0) is 38.1. The van der Waals surface area contributed by atoms with Gasteiger partial charge in [0.25, 0.3) is 0 Å². The first-order chi connectivity index (χ1) is 27.6. The van der Waals surface area contributed by atoms with Gasteiger partial charge in [-0.05, 0) is 55.9 Å². The second-order valence-electron chi connectivity index (χ2n) is 13.4. The van der Waals surface area contributed by atoms with Gasteiger partial charge in [0, 0.05) is 11.1 Å². The number of ether oxygens (including phenoxy) is 4. The van der Waals surface area contributed by atoms with Gasteiger partial charge in [0.15, 0.2) is 0 Å².